The SMILES string of the molecule is O=C(COc1ccc(/C=N\NC(=O)c2ccccc2Cl)cc1)Nc1ccccc1Cl. The minimum Gasteiger partial charge on any atom is -0.484 e. The van der Waals surface area contributed by atoms with Gasteiger partial charge < -0.3 is 10.1 Å². The molecule has 3 rings (SSSR count). The molecule has 0 unspecified atom stereocenters. The Morgan fingerprint density at radius 3 is 2.27 bits per heavy atom. The Morgan fingerprint density at radius 1 is 0.900 bits per heavy atom. The van der Waals surface area contributed by atoms with Crippen LogP contribution in [0.2, 0.25) is 10.0 Å². The van der Waals surface area contributed by atoms with Crippen molar-refractivity contribution in [3.63, 3.8) is 0 Å². The summed E-state index contributed by atoms with van der Waals surface area (Å²) in [5, 5.41) is 7.41. The molecular formula is C22H17Cl2N3O3. The van der Waals surface area contributed by atoms with Crippen LogP contribution in [0.1, 0.15) is 15.9 Å². The van der Waals surface area contributed by atoms with Gasteiger partial charge in [0.15, 0.2) is 6.61 Å². The zero-order valence-electron chi connectivity index (χ0n) is 15.6. The van der Waals surface area contributed by atoms with Gasteiger partial charge in [0.05, 0.1) is 27.5 Å². The minimum atomic E-state index is -0.402. The van der Waals surface area contributed by atoms with E-state index in [9.17, 15) is 9.59 Å². The van der Waals surface area contributed by atoms with Crippen molar-refractivity contribution in [2.45, 2.75) is 0 Å². The number of nitrogens with zero attached hydrogens (tertiary/aromatic N) is 1. The monoisotopic (exact) mass is 441 g/mol. The third-order valence-electron chi connectivity index (χ3n) is 3.90. The topological polar surface area (TPSA) is 79.8 Å². The number of anilines is 1. The number of hydrazone groups is 1. The van der Waals surface area contributed by atoms with Crippen molar-refractivity contribution in [2.75, 3.05) is 11.9 Å². The zero-order valence-corrected chi connectivity index (χ0v) is 17.2. The van der Waals surface area contributed by atoms with Gasteiger partial charge in [-0.3, -0.25) is 9.59 Å². The Balaban J connectivity index is 1.48. The number of para-hydroxylation sites is 1. The molecule has 152 valence electrons. The van der Waals surface area contributed by atoms with Gasteiger partial charge in [-0.05, 0) is 54.1 Å². The van der Waals surface area contributed by atoms with E-state index in [0.717, 1.165) is 5.56 Å². The summed E-state index contributed by atoms with van der Waals surface area (Å²) in [5.74, 6) is -0.209. The van der Waals surface area contributed by atoms with Crippen molar-refractivity contribution < 1.29 is 14.3 Å². The lowest BCUT2D eigenvalue weighted by atomic mass is 10.2. The molecule has 0 radical (unpaired) electrons. The van der Waals surface area contributed by atoms with E-state index in [4.69, 9.17) is 27.9 Å². The van der Waals surface area contributed by atoms with Crippen LogP contribution in [0.25, 0.3) is 0 Å². The molecule has 0 aromatic heterocycles. The Bertz CT molecular complexity index is 1070. The van der Waals surface area contributed by atoms with Crippen molar-refractivity contribution in [1.82, 2.24) is 5.43 Å². The van der Waals surface area contributed by atoms with E-state index >= 15 is 0 Å². The van der Waals surface area contributed by atoms with E-state index in [2.05, 4.69) is 15.8 Å². The summed E-state index contributed by atoms with van der Waals surface area (Å²) in [6.45, 7) is -0.160. The molecule has 0 aliphatic rings. The summed E-state index contributed by atoms with van der Waals surface area (Å²) >= 11 is 12.0. The molecule has 3 aromatic rings. The molecule has 0 spiro atoms. The van der Waals surface area contributed by atoms with Gasteiger partial charge in [0.1, 0.15) is 5.75 Å². The number of nitrogens with one attached hydrogen (secondary N) is 2. The van der Waals surface area contributed by atoms with E-state index < -0.39 is 5.91 Å². The van der Waals surface area contributed by atoms with Crippen LogP contribution in [0.15, 0.2) is 77.9 Å². The van der Waals surface area contributed by atoms with Crippen LogP contribution in [-0.4, -0.2) is 24.6 Å². The Morgan fingerprint density at radius 2 is 1.57 bits per heavy atom. The van der Waals surface area contributed by atoms with E-state index in [1.807, 2.05) is 0 Å². The summed E-state index contributed by atoms with van der Waals surface area (Å²) in [6.07, 6.45) is 1.49. The molecule has 0 bridgehead atoms. The largest absolute Gasteiger partial charge is 0.484 e. The van der Waals surface area contributed by atoms with E-state index in [1.54, 1.807) is 72.8 Å². The minimum absolute atomic E-state index is 0.160. The lowest BCUT2D eigenvalue weighted by molar-refractivity contribution is -0.118. The number of ether oxygens (including phenoxy) is 1. The Kier molecular flexibility index (Phi) is 7.43. The fraction of sp³-hybridized carbons (Fsp3) is 0.0455. The third kappa shape index (κ3) is 6.07. The molecule has 0 atom stereocenters. The highest BCUT2D eigenvalue weighted by Crippen LogP contribution is 2.20. The molecule has 0 saturated carbocycles. The number of carbonyl (C=O) groups is 2. The van der Waals surface area contributed by atoms with Crippen LogP contribution in [-0.2, 0) is 4.79 Å². The summed E-state index contributed by atoms with van der Waals surface area (Å²) < 4.78 is 5.46. The number of hydrogen-bond donors (Lipinski definition) is 2. The predicted molar refractivity (Wildman–Crippen MR) is 119 cm³/mol. The van der Waals surface area contributed by atoms with Crippen molar-refractivity contribution in [2.24, 2.45) is 5.10 Å². The average molecular weight is 442 g/mol. The van der Waals surface area contributed by atoms with Crippen LogP contribution >= 0.6 is 23.2 Å². The average Bonchev–Trinajstić information content (AvgIpc) is 2.75. The fourth-order valence-electron chi connectivity index (χ4n) is 2.42. The first kappa shape index (κ1) is 21.4. The quantitative estimate of drug-likeness (QED) is 0.409. The lowest BCUT2D eigenvalue weighted by Gasteiger charge is -2.08. The molecule has 0 saturated heterocycles. The van der Waals surface area contributed by atoms with Gasteiger partial charge in [-0.1, -0.05) is 47.5 Å². The number of carbonyl (C=O) groups excluding carboxylic acids is 2. The summed E-state index contributed by atoms with van der Waals surface area (Å²) in [6, 6.07) is 20.5. The third-order valence-corrected chi connectivity index (χ3v) is 4.56. The molecule has 2 N–H and O–H groups in total. The number of hydrogen-bond acceptors (Lipinski definition) is 4. The van der Waals surface area contributed by atoms with Gasteiger partial charge in [0.2, 0.25) is 0 Å². The van der Waals surface area contributed by atoms with Crippen LogP contribution in [0.4, 0.5) is 5.69 Å². The fourth-order valence-corrected chi connectivity index (χ4v) is 2.82. The van der Waals surface area contributed by atoms with Crippen LogP contribution in [0.3, 0.4) is 0 Å². The predicted octanol–water partition coefficient (Wildman–Crippen LogP) is 4.77. The summed E-state index contributed by atoms with van der Waals surface area (Å²) in [4.78, 5) is 24.0. The maximum atomic E-state index is 12.0. The molecule has 6 nitrogen and oxygen atoms in total. The first-order valence-electron chi connectivity index (χ1n) is 8.88. The molecule has 0 heterocycles. The first-order valence-corrected chi connectivity index (χ1v) is 9.64. The first-order chi connectivity index (χ1) is 14.5. The van der Waals surface area contributed by atoms with Gasteiger partial charge >= 0.3 is 0 Å². The van der Waals surface area contributed by atoms with Gasteiger partial charge in [-0.15, -0.1) is 0 Å². The molecule has 2 amide bonds. The van der Waals surface area contributed by atoms with Crippen LogP contribution in [0.5, 0.6) is 5.75 Å². The highest BCUT2D eigenvalue weighted by molar-refractivity contribution is 6.34. The standard InChI is InChI=1S/C22H17Cl2N3O3/c23-18-6-2-1-5-17(18)22(29)27-25-13-15-9-11-16(12-10-15)30-14-21(28)26-20-8-4-3-7-19(20)24/h1-13H,14H2,(H,26,28)(H,27,29)/b25-13-. The number of amides is 2. The summed E-state index contributed by atoms with van der Waals surface area (Å²) in [5.41, 5.74) is 4.03. The normalized spacial score (nSPS) is 10.6. The van der Waals surface area contributed by atoms with Crippen molar-refractivity contribution >= 4 is 46.9 Å². The van der Waals surface area contributed by atoms with Gasteiger partial charge in [-0.25, -0.2) is 5.43 Å². The van der Waals surface area contributed by atoms with Crippen LogP contribution in [0, 0.1) is 0 Å². The molecule has 3 aromatic carbocycles. The lowest BCUT2D eigenvalue weighted by Crippen LogP contribution is -2.20. The van der Waals surface area contributed by atoms with Crippen molar-refractivity contribution in [3.05, 3.63) is 94.0 Å². The molecule has 30 heavy (non-hydrogen) atoms. The molecule has 0 fully saturated rings. The van der Waals surface area contributed by atoms with Crippen molar-refractivity contribution in [1.29, 1.82) is 0 Å². The van der Waals surface area contributed by atoms with Crippen molar-refractivity contribution in [3.8, 4) is 5.75 Å². The van der Waals surface area contributed by atoms with E-state index in [1.165, 1.54) is 6.21 Å². The number of benzene rings is 3. The van der Waals surface area contributed by atoms with E-state index in [-0.39, 0.29) is 12.5 Å². The summed E-state index contributed by atoms with van der Waals surface area (Å²) in [7, 11) is 0. The smallest absolute Gasteiger partial charge is 0.272 e. The second kappa shape index (κ2) is 10.4. The second-order valence-corrected chi connectivity index (χ2v) is 6.88. The molecular weight excluding hydrogens is 425 g/mol. The number of rotatable bonds is 7. The molecule has 8 heteroatoms. The Hall–Kier alpha value is -3.35. The maximum absolute atomic E-state index is 12.0. The van der Waals surface area contributed by atoms with Gasteiger partial charge in [0, 0.05) is 0 Å². The van der Waals surface area contributed by atoms with Crippen LogP contribution < -0.4 is 15.5 Å². The highest BCUT2D eigenvalue weighted by Gasteiger charge is 2.08. The molecule has 0 aliphatic heterocycles. The highest BCUT2D eigenvalue weighted by atomic mass is 35.5. The number of halogens is 2. The molecule has 0 aliphatic carbocycles. The van der Waals surface area contributed by atoms with Gasteiger partial charge in [0.25, 0.3) is 11.8 Å². The maximum Gasteiger partial charge on any atom is 0.272 e. The van der Waals surface area contributed by atoms with E-state index in [0.29, 0.717) is 27.0 Å². The van der Waals surface area contributed by atoms with Gasteiger partial charge in [-0.2, -0.15) is 5.10 Å². The Labute approximate surface area is 183 Å². The zero-order chi connectivity index (χ0) is 21.3. The second-order valence-electron chi connectivity index (χ2n) is 6.06.